The summed E-state index contributed by atoms with van der Waals surface area (Å²) in [5.74, 6) is 3.33. The van der Waals surface area contributed by atoms with Gasteiger partial charge in [-0.15, -0.1) is 0 Å². The van der Waals surface area contributed by atoms with Crippen LogP contribution in [-0.2, 0) is 6.54 Å². The maximum atomic E-state index is 5.45. The second kappa shape index (κ2) is 7.36. The van der Waals surface area contributed by atoms with Crippen LogP contribution in [0.1, 0.15) is 26.7 Å². The molecule has 1 aliphatic rings. The fourth-order valence-corrected chi connectivity index (χ4v) is 3.86. The molecule has 2 aromatic rings. The van der Waals surface area contributed by atoms with E-state index in [4.69, 9.17) is 9.26 Å². The van der Waals surface area contributed by atoms with Gasteiger partial charge in [0, 0.05) is 29.2 Å². The summed E-state index contributed by atoms with van der Waals surface area (Å²) in [6.07, 6.45) is 0. The quantitative estimate of drug-likeness (QED) is 0.835. The lowest BCUT2D eigenvalue weighted by Crippen LogP contribution is -2.44. The largest absolute Gasteiger partial charge is 0.494 e. The lowest BCUT2D eigenvalue weighted by Gasteiger charge is -2.36. The van der Waals surface area contributed by atoms with Gasteiger partial charge in [-0.1, -0.05) is 12.1 Å². The summed E-state index contributed by atoms with van der Waals surface area (Å²) in [5.41, 5.74) is 0.944. The van der Waals surface area contributed by atoms with E-state index in [-0.39, 0.29) is 0 Å². The van der Waals surface area contributed by atoms with Crippen molar-refractivity contribution in [3.8, 4) is 17.1 Å². The molecule has 2 unspecified atom stereocenters. The maximum absolute atomic E-state index is 5.45. The fraction of sp³-hybridized carbons (Fsp3) is 0.529. The van der Waals surface area contributed by atoms with Crippen molar-refractivity contribution in [1.82, 2.24) is 15.0 Å². The Kier molecular flexibility index (Phi) is 5.23. The molecule has 2 heterocycles. The second-order valence-corrected chi connectivity index (χ2v) is 7.24. The minimum absolute atomic E-state index is 0.523. The van der Waals surface area contributed by atoms with Crippen LogP contribution in [-0.4, -0.2) is 45.2 Å². The van der Waals surface area contributed by atoms with Gasteiger partial charge in [-0.2, -0.15) is 16.7 Å². The standard InChI is InChI=1S/C17H23N3O2S/c1-4-21-15-7-5-14(6-8-15)17-18-16(22-19-17)11-20-9-10-23-13(3)12(20)2/h5-8,12-13H,4,9-11H2,1-3H3. The summed E-state index contributed by atoms with van der Waals surface area (Å²) in [6, 6.07) is 8.31. The highest BCUT2D eigenvalue weighted by molar-refractivity contribution is 8.00. The molecule has 1 aliphatic heterocycles. The third-order valence-corrected chi connectivity index (χ3v) is 5.58. The van der Waals surface area contributed by atoms with Crippen LogP contribution < -0.4 is 4.74 Å². The van der Waals surface area contributed by atoms with Gasteiger partial charge in [0.05, 0.1) is 13.2 Å². The highest BCUT2D eigenvalue weighted by Crippen LogP contribution is 2.26. The maximum Gasteiger partial charge on any atom is 0.241 e. The molecule has 0 bridgehead atoms. The minimum atomic E-state index is 0.523. The zero-order valence-electron chi connectivity index (χ0n) is 13.9. The zero-order chi connectivity index (χ0) is 16.2. The first-order valence-electron chi connectivity index (χ1n) is 8.09. The Bertz CT molecular complexity index is 629. The topological polar surface area (TPSA) is 51.4 Å². The molecular weight excluding hydrogens is 310 g/mol. The first kappa shape index (κ1) is 16.3. The van der Waals surface area contributed by atoms with E-state index in [1.807, 2.05) is 43.0 Å². The lowest BCUT2D eigenvalue weighted by atomic mass is 10.2. The molecule has 1 fully saturated rings. The normalized spacial score (nSPS) is 22.2. The van der Waals surface area contributed by atoms with Gasteiger partial charge in [0.2, 0.25) is 11.7 Å². The van der Waals surface area contributed by atoms with Gasteiger partial charge in [0.1, 0.15) is 5.75 Å². The molecule has 5 nitrogen and oxygen atoms in total. The number of ether oxygens (including phenoxy) is 1. The molecule has 2 atom stereocenters. The number of aromatic nitrogens is 2. The van der Waals surface area contributed by atoms with Gasteiger partial charge in [-0.25, -0.2) is 0 Å². The predicted octanol–water partition coefficient (Wildman–Crippen LogP) is 3.46. The molecule has 124 valence electrons. The summed E-state index contributed by atoms with van der Waals surface area (Å²) < 4.78 is 10.9. The first-order chi connectivity index (χ1) is 11.2. The van der Waals surface area contributed by atoms with E-state index >= 15 is 0 Å². The number of hydrogen-bond donors (Lipinski definition) is 0. The Morgan fingerprint density at radius 1 is 1.30 bits per heavy atom. The smallest absolute Gasteiger partial charge is 0.241 e. The van der Waals surface area contributed by atoms with Crippen molar-refractivity contribution in [2.75, 3.05) is 18.9 Å². The second-order valence-electron chi connectivity index (χ2n) is 5.76. The molecule has 0 aliphatic carbocycles. The Balaban J connectivity index is 1.68. The molecule has 3 rings (SSSR count). The van der Waals surface area contributed by atoms with Crippen LogP contribution in [0.5, 0.6) is 5.75 Å². The fourth-order valence-electron chi connectivity index (χ4n) is 2.70. The number of benzene rings is 1. The van der Waals surface area contributed by atoms with Gasteiger partial charge in [0.25, 0.3) is 0 Å². The van der Waals surface area contributed by atoms with E-state index in [0.29, 0.717) is 29.6 Å². The van der Waals surface area contributed by atoms with Crippen molar-refractivity contribution >= 4 is 11.8 Å². The number of thioether (sulfide) groups is 1. The van der Waals surface area contributed by atoms with Gasteiger partial charge >= 0.3 is 0 Å². The van der Waals surface area contributed by atoms with E-state index in [1.165, 1.54) is 0 Å². The monoisotopic (exact) mass is 333 g/mol. The molecule has 0 radical (unpaired) electrons. The van der Waals surface area contributed by atoms with Crippen molar-refractivity contribution in [1.29, 1.82) is 0 Å². The number of hydrogen-bond acceptors (Lipinski definition) is 6. The van der Waals surface area contributed by atoms with Crippen molar-refractivity contribution in [3.05, 3.63) is 30.2 Å². The Hall–Kier alpha value is -1.53. The van der Waals surface area contributed by atoms with Crippen molar-refractivity contribution < 1.29 is 9.26 Å². The van der Waals surface area contributed by atoms with Crippen molar-refractivity contribution in [2.24, 2.45) is 0 Å². The van der Waals surface area contributed by atoms with Crippen molar-refractivity contribution in [3.63, 3.8) is 0 Å². The van der Waals surface area contributed by atoms with Crippen LogP contribution in [0.2, 0.25) is 0 Å². The molecule has 1 aromatic heterocycles. The minimum Gasteiger partial charge on any atom is -0.494 e. The predicted molar refractivity (Wildman–Crippen MR) is 92.7 cm³/mol. The van der Waals surface area contributed by atoms with Crippen LogP contribution in [0.25, 0.3) is 11.4 Å². The van der Waals surface area contributed by atoms with E-state index < -0.39 is 0 Å². The van der Waals surface area contributed by atoms with E-state index in [1.54, 1.807) is 0 Å². The average Bonchev–Trinajstić information content (AvgIpc) is 3.01. The SMILES string of the molecule is CCOc1ccc(-c2noc(CN3CCSC(C)C3C)n2)cc1. The molecule has 1 aromatic carbocycles. The summed E-state index contributed by atoms with van der Waals surface area (Å²) in [5, 5.41) is 4.75. The van der Waals surface area contributed by atoms with Gasteiger partial charge in [-0.05, 0) is 38.1 Å². The Morgan fingerprint density at radius 3 is 2.83 bits per heavy atom. The van der Waals surface area contributed by atoms with Crippen LogP contribution in [0.3, 0.4) is 0 Å². The van der Waals surface area contributed by atoms with E-state index in [9.17, 15) is 0 Å². The van der Waals surface area contributed by atoms with Crippen LogP contribution in [0.4, 0.5) is 0 Å². The lowest BCUT2D eigenvalue weighted by molar-refractivity contribution is 0.178. The molecule has 0 spiro atoms. The summed E-state index contributed by atoms with van der Waals surface area (Å²) in [6.45, 7) is 8.96. The third-order valence-electron chi connectivity index (χ3n) is 4.24. The molecule has 23 heavy (non-hydrogen) atoms. The zero-order valence-corrected chi connectivity index (χ0v) is 14.7. The number of rotatable bonds is 5. The van der Waals surface area contributed by atoms with E-state index in [0.717, 1.165) is 30.2 Å². The van der Waals surface area contributed by atoms with Crippen LogP contribution in [0, 0.1) is 0 Å². The summed E-state index contributed by atoms with van der Waals surface area (Å²) in [4.78, 5) is 6.96. The molecule has 0 saturated carbocycles. The summed E-state index contributed by atoms with van der Waals surface area (Å²) >= 11 is 2.03. The van der Waals surface area contributed by atoms with Crippen molar-refractivity contribution in [2.45, 2.75) is 38.6 Å². The molecular formula is C17H23N3O2S. The highest BCUT2D eigenvalue weighted by atomic mass is 32.2. The molecule has 6 heteroatoms. The van der Waals surface area contributed by atoms with Gasteiger partial charge in [-0.3, -0.25) is 4.90 Å². The molecule has 0 N–H and O–H groups in total. The van der Waals surface area contributed by atoms with E-state index in [2.05, 4.69) is 28.9 Å². The third kappa shape index (κ3) is 3.87. The molecule has 0 amide bonds. The highest BCUT2D eigenvalue weighted by Gasteiger charge is 2.26. The Morgan fingerprint density at radius 2 is 2.09 bits per heavy atom. The van der Waals surface area contributed by atoms with Crippen LogP contribution in [0.15, 0.2) is 28.8 Å². The molecule has 1 saturated heterocycles. The summed E-state index contributed by atoms with van der Waals surface area (Å²) in [7, 11) is 0. The van der Waals surface area contributed by atoms with Crippen LogP contribution >= 0.6 is 11.8 Å². The first-order valence-corrected chi connectivity index (χ1v) is 9.13. The number of nitrogens with zero attached hydrogens (tertiary/aromatic N) is 3. The van der Waals surface area contributed by atoms with Gasteiger partial charge < -0.3 is 9.26 Å². The van der Waals surface area contributed by atoms with Gasteiger partial charge in [0.15, 0.2) is 0 Å². The average molecular weight is 333 g/mol. The Labute approximate surface area is 141 Å².